The van der Waals surface area contributed by atoms with Crippen LogP contribution in [0.4, 0.5) is 18.0 Å². The fraction of sp³-hybridized carbons (Fsp3) is 0.467. The van der Waals surface area contributed by atoms with E-state index in [1.165, 1.54) is 4.90 Å². The zero-order chi connectivity index (χ0) is 17.0. The largest absolute Gasteiger partial charge is 0.471 e. The molecule has 1 unspecified atom stereocenters. The van der Waals surface area contributed by atoms with Crippen molar-refractivity contribution in [3.63, 3.8) is 0 Å². The van der Waals surface area contributed by atoms with Crippen molar-refractivity contribution in [2.45, 2.75) is 25.7 Å². The summed E-state index contributed by atoms with van der Waals surface area (Å²) in [7, 11) is 0. The van der Waals surface area contributed by atoms with E-state index in [9.17, 15) is 22.8 Å². The molecule has 1 aromatic carbocycles. The van der Waals surface area contributed by atoms with Crippen molar-refractivity contribution in [2.75, 3.05) is 19.6 Å². The van der Waals surface area contributed by atoms with Crippen LogP contribution < -0.4 is 0 Å². The lowest BCUT2D eigenvalue weighted by Crippen LogP contribution is -2.57. The van der Waals surface area contributed by atoms with E-state index in [0.717, 1.165) is 5.56 Å². The Morgan fingerprint density at radius 3 is 2.43 bits per heavy atom. The van der Waals surface area contributed by atoms with Crippen LogP contribution in [0.25, 0.3) is 0 Å². The standard InChI is InChI=1S/C15H17F3N2O3/c1-11-9-19(13(21)15(16,17)18)7-8-20(11)14(22)23-10-12-5-3-2-4-6-12/h2-6,11H,7-10H2,1H3. The Morgan fingerprint density at radius 2 is 1.87 bits per heavy atom. The van der Waals surface area contributed by atoms with Crippen LogP contribution in [0.1, 0.15) is 12.5 Å². The zero-order valence-electron chi connectivity index (χ0n) is 12.5. The summed E-state index contributed by atoms with van der Waals surface area (Å²) < 4.78 is 42.4. The summed E-state index contributed by atoms with van der Waals surface area (Å²) in [5.74, 6) is -1.87. The van der Waals surface area contributed by atoms with Gasteiger partial charge in [0, 0.05) is 25.7 Å². The molecular weight excluding hydrogens is 313 g/mol. The number of benzene rings is 1. The monoisotopic (exact) mass is 330 g/mol. The molecule has 1 aliphatic rings. The summed E-state index contributed by atoms with van der Waals surface area (Å²) in [6, 6.07) is 8.52. The molecule has 0 aromatic heterocycles. The summed E-state index contributed by atoms with van der Waals surface area (Å²) >= 11 is 0. The predicted molar refractivity (Wildman–Crippen MR) is 75.4 cm³/mol. The third-order valence-corrected chi connectivity index (χ3v) is 3.60. The highest BCUT2D eigenvalue weighted by Crippen LogP contribution is 2.21. The highest BCUT2D eigenvalue weighted by atomic mass is 19.4. The van der Waals surface area contributed by atoms with Crippen molar-refractivity contribution in [1.82, 2.24) is 9.80 Å². The predicted octanol–water partition coefficient (Wildman–Crippen LogP) is 2.42. The minimum absolute atomic E-state index is 0.0105. The second-order valence-electron chi connectivity index (χ2n) is 5.33. The first-order valence-corrected chi connectivity index (χ1v) is 7.12. The number of piperazine rings is 1. The second-order valence-corrected chi connectivity index (χ2v) is 5.33. The van der Waals surface area contributed by atoms with Crippen molar-refractivity contribution >= 4 is 12.0 Å². The number of carbonyl (C=O) groups excluding carboxylic acids is 2. The molecule has 1 heterocycles. The summed E-state index contributed by atoms with van der Waals surface area (Å²) in [5.41, 5.74) is 0.819. The van der Waals surface area contributed by atoms with Crippen LogP contribution in [0.15, 0.2) is 30.3 Å². The molecule has 0 saturated carbocycles. The van der Waals surface area contributed by atoms with Gasteiger partial charge in [-0.2, -0.15) is 13.2 Å². The molecule has 0 N–H and O–H groups in total. The van der Waals surface area contributed by atoms with Gasteiger partial charge in [-0.15, -0.1) is 0 Å². The first-order valence-electron chi connectivity index (χ1n) is 7.12. The number of hydrogen-bond acceptors (Lipinski definition) is 3. The van der Waals surface area contributed by atoms with E-state index in [4.69, 9.17) is 4.74 Å². The van der Waals surface area contributed by atoms with Gasteiger partial charge in [0.05, 0.1) is 0 Å². The van der Waals surface area contributed by atoms with E-state index in [1.807, 2.05) is 18.2 Å². The van der Waals surface area contributed by atoms with Crippen molar-refractivity contribution in [2.24, 2.45) is 0 Å². The molecule has 0 bridgehead atoms. The Hall–Kier alpha value is -2.25. The Kier molecular flexibility index (Phi) is 5.12. The fourth-order valence-corrected chi connectivity index (χ4v) is 2.39. The maximum absolute atomic E-state index is 12.4. The van der Waals surface area contributed by atoms with Crippen LogP contribution in [0.5, 0.6) is 0 Å². The average Bonchev–Trinajstić information content (AvgIpc) is 2.52. The van der Waals surface area contributed by atoms with Crippen LogP contribution in [0, 0.1) is 0 Å². The molecule has 8 heteroatoms. The summed E-state index contributed by atoms with van der Waals surface area (Å²) in [5, 5.41) is 0. The molecule has 5 nitrogen and oxygen atoms in total. The van der Waals surface area contributed by atoms with Gasteiger partial charge in [-0.3, -0.25) is 4.79 Å². The maximum Gasteiger partial charge on any atom is 0.471 e. The molecule has 1 fully saturated rings. The molecule has 1 aromatic rings. The van der Waals surface area contributed by atoms with E-state index in [-0.39, 0.29) is 26.2 Å². The molecule has 0 radical (unpaired) electrons. The number of carbonyl (C=O) groups is 2. The summed E-state index contributed by atoms with van der Waals surface area (Å²) in [6.45, 7) is 1.35. The first-order chi connectivity index (χ1) is 10.8. The van der Waals surface area contributed by atoms with Crippen LogP contribution in [0.2, 0.25) is 0 Å². The molecule has 1 aliphatic heterocycles. The Balaban J connectivity index is 1.88. The Morgan fingerprint density at radius 1 is 1.22 bits per heavy atom. The quantitative estimate of drug-likeness (QED) is 0.837. The minimum Gasteiger partial charge on any atom is -0.445 e. The van der Waals surface area contributed by atoms with E-state index in [0.29, 0.717) is 4.90 Å². The van der Waals surface area contributed by atoms with Crippen molar-refractivity contribution in [1.29, 1.82) is 0 Å². The van der Waals surface area contributed by atoms with Gasteiger partial charge >= 0.3 is 18.2 Å². The van der Waals surface area contributed by atoms with Gasteiger partial charge in [-0.1, -0.05) is 30.3 Å². The molecular formula is C15H17F3N2O3. The summed E-state index contributed by atoms with van der Waals surface area (Å²) in [6.07, 6.45) is -5.49. The topological polar surface area (TPSA) is 49.9 Å². The van der Waals surface area contributed by atoms with Crippen molar-refractivity contribution < 1.29 is 27.5 Å². The Labute approximate surface area is 131 Å². The van der Waals surface area contributed by atoms with Crippen LogP contribution in [0.3, 0.4) is 0 Å². The molecule has 126 valence electrons. The molecule has 0 spiro atoms. The number of hydrogen-bond donors (Lipinski definition) is 0. The van der Waals surface area contributed by atoms with Gasteiger partial charge < -0.3 is 14.5 Å². The number of amides is 2. The normalized spacial score (nSPS) is 18.7. The molecule has 2 amide bonds. The van der Waals surface area contributed by atoms with Crippen LogP contribution in [-0.2, 0) is 16.1 Å². The third kappa shape index (κ3) is 4.37. The molecule has 1 atom stereocenters. The number of halogens is 3. The van der Waals surface area contributed by atoms with Crippen molar-refractivity contribution in [3.05, 3.63) is 35.9 Å². The lowest BCUT2D eigenvalue weighted by atomic mass is 10.2. The van der Waals surface area contributed by atoms with Crippen LogP contribution in [-0.4, -0.2) is 53.7 Å². The zero-order valence-corrected chi connectivity index (χ0v) is 12.5. The maximum atomic E-state index is 12.4. The van der Waals surface area contributed by atoms with E-state index in [2.05, 4.69) is 0 Å². The molecule has 1 saturated heterocycles. The second kappa shape index (κ2) is 6.89. The third-order valence-electron chi connectivity index (χ3n) is 3.60. The number of rotatable bonds is 2. The molecule has 2 rings (SSSR count). The van der Waals surface area contributed by atoms with Crippen LogP contribution >= 0.6 is 0 Å². The fourth-order valence-electron chi connectivity index (χ4n) is 2.39. The van der Waals surface area contributed by atoms with E-state index in [1.54, 1.807) is 19.1 Å². The minimum atomic E-state index is -4.89. The molecule has 0 aliphatic carbocycles. The SMILES string of the molecule is CC1CN(C(=O)C(F)(F)F)CCN1C(=O)OCc1ccccc1. The smallest absolute Gasteiger partial charge is 0.445 e. The molecule has 23 heavy (non-hydrogen) atoms. The van der Waals surface area contributed by atoms with Gasteiger partial charge in [-0.05, 0) is 12.5 Å². The highest BCUT2D eigenvalue weighted by Gasteiger charge is 2.44. The Bertz CT molecular complexity index is 563. The van der Waals surface area contributed by atoms with Gasteiger partial charge in [0.2, 0.25) is 0 Å². The van der Waals surface area contributed by atoms with Gasteiger partial charge in [0.1, 0.15) is 6.61 Å². The average molecular weight is 330 g/mol. The van der Waals surface area contributed by atoms with E-state index < -0.39 is 24.2 Å². The lowest BCUT2D eigenvalue weighted by molar-refractivity contribution is -0.187. The summed E-state index contributed by atoms with van der Waals surface area (Å²) in [4.78, 5) is 25.3. The number of ether oxygens (including phenoxy) is 1. The van der Waals surface area contributed by atoms with Gasteiger partial charge in [-0.25, -0.2) is 4.79 Å². The van der Waals surface area contributed by atoms with Crippen molar-refractivity contribution in [3.8, 4) is 0 Å². The first kappa shape index (κ1) is 17.1. The highest BCUT2D eigenvalue weighted by molar-refractivity contribution is 5.82. The van der Waals surface area contributed by atoms with Gasteiger partial charge in [0.15, 0.2) is 0 Å². The van der Waals surface area contributed by atoms with E-state index >= 15 is 0 Å². The van der Waals surface area contributed by atoms with Gasteiger partial charge in [0.25, 0.3) is 0 Å². The number of nitrogens with zero attached hydrogens (tertiary/aromatic N) is 2. The number of alkyl halides is 3. The lowest BCUT2D eigenvalue weighted by Gasteiger charge is -2.39.